The molecule has 4 nitrogen and oxygen atoms in total. The number of thiophene rings is 1. The van der Waals surface area contributed by atoms with Crippen molar-refractivity contribution in [3.8, 4) is 10.4 Å². The molecule has 3 heterocycles. The summed E-state index contributed by atoms with van der Waals surface area (Å²) in [7, 11) is 1.60. The minimum Gasteiger partial charge on any atom is -0.497 e. The van der Waals surface area contributed by atoms with Crippen LogP contribution in [0.25, 0.3) is 16.2 Å². The Balaban J connectivity index is 1.46. The van der Waals surface area contributed by atoms with Crippen molar-refractivity contribution in [3.63, 3.8) is 0 Å². The molecule has 0 spiro atoms. The Kier molecular flexibility index (Phi) is 4.07. The predicted molar refractivity (Wildman–Crippen MR) is 108 cm³/mol. The van der Waals surface area contributed by atoms with E-state index in [0.29, 0.717) is 5.76 Å². The summed E-state index contributed by atoms with van der Waals surface area (Å²) in [4.78, 5) is 28.3. The molecule has 2 bridgehead atoms. The highest BCUT2D eigenvalue weighted by Crippen LogP contribution is 2.53. The molecule has 5 rings (SSSR count). The second-order valence-electron chi connectivity index (χ2n) is 7.91. The molecule has 5 heteroatoms. The molecule has 5 atom stereocenters. The van der Waals surface area contributed by atoms with Crippen molar-refractivity contribution >= 4 is 28.7 Å². The maximum absolute atomic E-state index is 13.1. The number of benzene rings is 1. The molecular formula is C23H22O4S. The van der Waals surface area contributed by atoms with Gasteiger partial charge in [0.05, 0.1) is 31.2 Å². The van der Waals surface area contributed by atoms with Crippen molar-refractivity contribution in [2.24, 2.45) is 11.8 Å². The standard InChI is InChI=1S/C23H22O4S/c1-11(26-3)13-4-6-14(7-5-13)18-10-15(12(2)28-18)19-22(24)20-16-8-9-17(27-16)21(20)23(19)25/h4-7,10,16-17,19-21H,1,8-9H2,2-3H3/t16-,17+,19?,20-,21+. The number of aryl methyl sites for hydroxylation is 1. The van der Waals surface area contributed by atoms with E-state index in [4.69, 9.17) is 9.47 Å². The highest BCUT2D eigenvalue weighted by molar-refractivity contribution is 7.15. The topological polar surface area (TPSA) is 52.6 Å². The molecule has 1 aromatic carbocycles. The van der Waals surface area contributed by atoms with Crippen LogP contribution in [-0.2, 0) is 19.1 Å². The third kappa shape index (κ3) is 2.46. The van der Waals surface area contributed by atoms with E-state index in [1.54, 1.807) is 18.4 Å². The Morgan fingerprint density at radius 3 is 2.29 bits per heavy atom. The van der Waals surface area contributed by atoms with Gasteiger partial charge in [0, 0.05) is 15.3 Å². The quantitative estimate of drug-likeness (QED) is 0.571. The van der Waals surface area contributed by atoms with E-state index in [2.05, 4.69) is 6.58 Å². The third-order valence-corrected chi connectivity index (χ3v) is 7.62. The number of carbonyl (C=O) groups is 2. The van der Waals surface area contributed by atoms with Crippen molar-refractivity contribution < 1.29 is 19.1 Å². The highest BCUT2D eigenvalue weighted by Gasteiger charge is 2.63. The molecule has 1 aromatic heterocycles. The van der Waals surface area contributed by atoms with Crippen LogP contribution < -0.4 is 0 Å². The van der Waals surface area contributed by atoms with Gasteiger partial charge in [-0.15, -0.1) is 11.3 Å². The van der Waals surface area contributed by atoms with Crippen molar-refractivity contribution in [1.29, 1.82) is 0 Å². The molecule has 1 unspecified atom stereocenters. The van der Waals surface area contributed by atoms with Gasteiger partial charge >= 0.3 is 0 Å². The molecule has 1 saturated carbocycles. The first kappa shape index (κ1) is 17.8. The fraction of sp³-hybridized carbons (Fsp3) is 0.391. The van der Waals surface area contributed by atoms with Crippen LogP contribution in [-0.4, -0.2) is 30.9 Å². The zero-order valence-corrected chi connectivity index (χ0v) is 16.8. The first-order valence-electron chi connectivity index (χ1n) is 9.66. The van der Waals surface area contributed by atoms with Crippen molar-refractivity contribution in [3.05, 3.63) is 52.9 Å². The van der Waals surface area contributed by atoms with Gasteiger partial charge in [0.2, 0.25) is 0 Å². The monoisotopic (exact) mass is 394 g/mol. The Labute approximate surface area is 168 Å². The van der Waals surface area contributed by atoms with E-state index in [1.807, 2.05) is 37.3 Å². The molecule has 144 valence electrons. The largest absolute Gasteiger partial charge is 0.497 e. The Hall–Kier alpha value is -2.24. The summed E-state index contributed by atoms with van der Waals surface area (Å²) in [6.07, 6.45) is 1.72. The normalized spacial score (nSPS) is 30.7. The molecular weight excluding hydrogens is 372 g/mol. The van der Waals surface area contributed by atoms with Gasteiger partial charge in [0.1, 0.15) is 11.7 Å². The molecule has 0 radical (unpaired) electrons. The van der Waals surface area contributed by atoms with Crippen LogP contribution in [0.1, 0.15) is 34.8 Å². The number of methoxy groups -OCH3 is 1. The molecule has 2 aliphatic heterocycles. The number of fused-ring (bicyclic) bond motifs is 5. The van der Waals surface area contributed by atoms with E-state index < -0.39 is 5.92 Å². The number of hydrogen-bond acceptors (Lipinski definition) is 5. The molecule has 2 aromatic rings. The number of ketones is 2. The lowest BCUT2D eigenvalue weighted by Crippen LogP contribution is -2.29. The van der Waals surface area contributed by atoms with Crippen LogP contribution in [0.2, 0.25) is 0 Å². The Bertz CT molecular complexity index is 959. The maximum atomic E-state index is 13.1. The van der Waals surface area contributed by atoms with Crippen molar-refractivity contribution in [1.82, 2.24) is 0 Å². The van der Waals surface area contributed by atoms with Gasteiger partial charge in [-0.3, -0.25) is 9.59 Å². The van der Waals surface area contributed by atoms with E-state index >= 15 is 0 Å². The molecule has 3 aliphatic rings. The second kappa shape index (κ2) is 6.39. The van der Waals surface area contributed by atoms with Gasteiger partial charge in [0.25, 0.3) is 0 Å². The van der Waals surface area contributed by atoms with Gasteiger partial charge in [-0.25, -0.2) is 0 Å². The molecule has 3 fully saturated rings. The predicted octanol–water partition coefficient (Wildman–Crippen LogP) is 4.37. The lowest BCUT2D eigenvalue weighted by molar-refractivity contribution is -0.127. The minimum atomic E-state index is -0.612. The maximum Gasteiger partial charge on any atom is 0.154 e. The zero-order chi connectivity index (χ0) is 19.6. The summed E-state index contributed by atoms with van der Waals surface area (Å²) >= 11 is 1.63. The van der Waals surface area contributed by atoms with Gasteiger partial charge in [-0.1, -0.05) is 30.8 Å². The van der Waals surface area contributed by atoms with Crippen LogP contribution in [0.15, 0.2) is 36.9 Å². The third-order valence-electron chi connectivity index (χ3n) is 6.50. The molecule has 0 N–H and O–H groups in total. The highest BCUT2D eigenvalue weighted by atomic mass is 32.1. The van der Waals surface area contributed by atoms with Gasteiger partial charge in [0.15, 0.2) is 11.6 Å². The van der Waals surface area contributed by atoms with Crippen LogP contribution in [0.3, 0.4) is 0 Å². The molecule has 0 amide bonds. The summed E-state index contributed by atoms with van der Waals surface area (Å²) in [6.45, 7) is 5.88. The molecule has 28 heavy (non-hydrogen) atoms. The fourth-order valence-corrected chi connectivity index (χ4v) is 6.16. The fourth-order valence-electron chi connectivity index (χ4n) is 5.10. The van der Waals surface area contributed by atoms with Crippen molar-refractivity contribution in [2.75, 3.05) is 7.11 Å². The van der Waals surface area contributed by atoms with Crippen LogP contribution >= 0.6 is 11.3 Å². The van der Waals surface area contributed by atoms with E-state index in [-0.39, 0.29) is 35.6 Å². The average molecular weight is 394 g/mol. The Morgan fingerprint density at radius 2 is 1.71 bits per heavy atom. The first-order valence-corrected chi connectivity index (χ1v) is 10.5. The molecule has 1 aliphatic carbocycles. The number of Topliss-reactive ketones (excluding diaryl/α,β-unsaturated/α-hetero) is 2. The second-order valence-corrected chi connectivity index (χ2v) is 9.16. The minimum absolute atomic E-state index is 0.0451. The number of carbonyl (C=O) groups excluding carboxylic acids is 2. The number of ether oxygens (including phenoxy) is 2. The van der Waals surface area contributed by atoms with Gasteiger partial charge in [-0.05, 0) is 37.0 Å². The van der Waals surface area contributed by atoms with Crippen molar-refractivity contribution in [2.45, 2.75) is 37.9 Å². The van der Waals surface area contributed by atoms with Gasteiger partial charge in [-0.2, -0.15) is 0 Å². The Morgan fingerprint density at radius 1 is 1.11 bits per heavy atom. The van der Waals surface area contributed by atoms with E-state index in [1.165, 1.54) is 0 Å². The average Bonchev–Trinajstić information content (AvgIpc) is 3.46. The molecule has 2 saturated heterocycles. The summed E-state index contributed by atoms with van der Waals surface area (Å²) < 4.78 is 11.0. The van der Waals surface area contributed by atoms with Crippen LogP contribution in [0.5, 0.6) is 0 Å². The van der Waals surface area contributed by atoms with Gasteiger partial charge < -0.3 is 9.47 Å². The van der Waals surface area contributed by atoms with Crippen LogP contribution in [0, 0.1) is 18.8 Å². The summed E-state index contributed by atoms with van der Waals surface area (Å²) in [6, 6.07) is 10.0. The number of rotatable bonds is 4. The van der Waals surface area contributed by atoms with Crippen LogP contribution in [0.4, 0.5) is 0 Å². The number of hydrogen-bond donors (Lipinski definition) is 0. The summed E-state index contributed by atoms with van der Waals surface area (Å²) in [5.41, 5.74) is 2.88. The van der Waals surface area contributed by atoms with E-state index in [0.717, 1.165) is 39.3 Å². The van der Waals surface area contributed by atoms with E-state index in [9.17, 15) is 9.59 Å². The summed E-state index contributed by atoms with van der Waals surface area (Å²) in [5.74, 6) is -0.292. The zero-order valence-electron chi connectivity index (χ0n) is 15.9. The lowest BCUT2D eigenvalue weighted by Gasteiger charge is -2.16. The summed E-state index contributed by atoms with van der Waals surface area (Å²) in [5, 5.41) is 0. The smallest absolute Gasteiger partial charge is 0.154 e. The lowest BCUT2D eigenvalue weighted by atomic mass is 9.81. The first-order chi connectivity index (χ1) is 13.5. The SMILES string of the molecule is C=C(OC)c1ccc(-c2cc(C3C(=O)[C@@H]4[C@H](C3=O)[C@H]3CC[C@@H]4O3)c(C)s2)cc1.